The summed E-state index contributed by atoms with van der Waals surface area (Å²) in [5, 5.41) is 3.98. The molecule has 0 aliphatic carbocycles. The Kier molecular flexibility index (Phi) is 5.61. The van der Waals surface area contributed by atoms with Gasteiger partial charge >= 0.3 is 0 Å². The second-order valence-corrected chi connectivity index (χ2v) is 5.55. The molecular weight excluding hydrogens is 298 g/mol. The molecule has 2 rings (SSSR count). The molecule has 1 amide bonds. The van der Waals surface area contributed by atoms with Crippen LogP contribution in [0, 0.1) is 0 Å². The Balaban J connectivity index is 2.02. The smallest absolute Gasteiger partial charge is 0.246 e. The van der Waals surface area contributed by atoms with Gasteiger partial charge < -0.3 is 14.4 Å². The second kappa shape index (κ2) is 7.66. The van der Waals surface area contributed by atoms with E-state index in [0.29, 0.717) is 18.0 Å². The molecule has 0 saturated carbocycles. The summed E-state index contributed by atoms with van der Waals surface area (Å²) < 4.78 is 10.5. The van der Waals surface area contributed by atoms with E-state index in [-0.39, 0.29) is 5.91 Å². The highest BCUT2D eigenvalue weighted by Gasteiger charge is 2.09. The second-order valence-electron chi connectivity index (χ2n) is 4.77. The van der Waals surface area contributed by atoms with E-state index in [1.54, 1.807) is 43.6 Å². The molecule has 0 radical (unpaired) electrons. The van der Waals surface area contributed by atoms with Crippen molar-refractivity contribution in [2.75, 3.05) is 21.3 Å². The van der Waals surface area contributed by atoms with Crippen molar-refractivity contribution < 1.29 is 14.3 Å². The van der Waals surface area contributed by atoms with Crippen molar-refractivity contribution in [1.29, 1.82) is 0 Å². The number of likely N-dealkylation sites (N-methyl/N-ethyl adjacent to an activating group) is 1. The first kappa shape index (κ1) is 16.1. The molecule has 2 aromatic rings. The monoisotopic (exact) mass is 317 g/mol. The highest BCUT2D eigenvalue weighted by molar-refractivity contribution is 7.08. The van der Waals surface area contributed by atoms with Gasteiger partial charge in [-0.1, -0.05) is 6.07 Å². The number of amides is 1. The molecule has 1 aromatic heterocycles. The molecule has 0 aliphatic rings. The number of carbonyl (C=O) groups is 1. The molecule has 0 bridgehead atoms. The zero-order chi connectivity index (χ0) is 15.9. The molecule has 0 unspecified atom stereocenters. The molecular formula is C17H19NO3S. The normalized spacial score (nSPS) is 10.7. The zero-order valence-corrected chi connectivity index (χ0v) is 13.7. The first-order chi connectivity index (χ1) is 10.6. The van der Waals surface area contributed by atoms with Gasteiger partial charge in [0.05, 0.1) is 14.2 Å². The largest absolute Gasteiger partial charge is 0.493 e. The number of hydrogen-bond acceptors (Lipinski definition) is 4. The summed E-state index contributed by atoms with van der Waals surface area (Å²) in [4.78, 5) is 13.8. The van der Waals surface area contributed by atoms with E-state index < -0.39 is 0 Å². The Morgan fingerprint density at radius 3 is 2.64 bits per heavy atom. The van der Waals surface area contributed by atoms with Crippen molar-refractivity contribution in [2.24, 2.45) is 0 Å². The number of carbonyl (C=O) groups excluding carboxylic acids is 1. The van der Waals surface area contributed by atoms with E-state index in [1.165, 1.54) is 0 Å². The minimum Gasteiger partial charge on any atom is -0.493 e. The van der Waals surface area contributed by atoms with E-state index >= 15 is 0 Å². The van der Waals surface area contributed by atoms with Gasteiger partial charge in [0, 0.05) is 19.7 Å². The maximum atomic E-state index is 12.1. The predicted molar refractivity (Wildman–Crippen MR) is 89.4 cm³/mol. The fraction of sp³-hybridized carbons (Fsp3) is 0.235. The maximum Gasteiger partial charge on any atom is 0.246 e. The predicted octanol–water partition coefficient (Wildman–Crippen LogP) is 3.44. The molecule has 0 fully saturated rings. The maximum absolute atomic E-state index is 12.1. The third-order valence-electron chi connectivity index (χ3n) is 3.21. The Morgan fingerprint density at radius 1 is 1.23 bits per heavy atom. The van der Waals surface area contributed by atoms with Gasteiger partial charge in [-0.05, 0) is 46.2 Å². The van der Waals surface area contributed by atoms with Crippen molar-refractivity contribution >= 4 is 23.3 Å². The molecule has 22 heavy (non-hydrogen) atoms. The summed E-state index contributed by atoms with van der Waals surface area (Å²) in [6.07, 6.45) is 3.41. The number of hydrogen-bond donors (Lipinski definition) is 0. The standard InChI is InChI=1S/C17H19NO3S/c1-18(17(19)7-5-13-8-9-22-12-13)11-14-4-6-15(20-2)16(10-14)21-3/h4-10,12H,11H2,1-3H3. The van der Waals surface area contributed by atoms with Gasteiger partial charge in [0.1, 0.15) is 0 Å². The zero-order valence-electron chi connectivity index (χ0n) is 12.9. The Bertz CT molecular complexity index is 650. The van der Waals surface area contributed by atoms with Gasteiger partial charge in [-0.2, -0.15) is 11.3 Å². The van der Waals surface area contributed by atoms with Crippen LogP contribution < -0.4 is 9.47 Å². The van der Waals surface area contributed by atoms with Crippen LogP contribution in [0.5, 0.6) is 11.5 Å². The first-order valence-corrected chi connectivity index (χ1v) is 7.74. The molecule has 116 valence electrons. The van der Waals surface area contributed by atoms with Crippen LogP contribution >= 0.6 is 11.3 Å². The third kappa shape index (κ3) is 4.11. The summed E-state index contributed by atoms with van der Waals surface area (Å²) in [6.45, 7) is 0.507. The molecule has 1 heterocycles. The van der Waals surface area contributed by atoms with Crippen LogP contribution in [-0.2, 0) is 11.3 Å². The van der Waals surface area contributed by atoms with Gasteiger partial charge in [-0.25, -0.2) is 0 Å². The summed E-state index contributed by atoms with van der Waals surface area (Å²) in [6, 6.07) is 7.62. The van der Waals surface area contributed by atoms with Crippen LogP contribution in [0.1, 0.15) is 11.1 Å². The number of rotatable bonds is 6. The molecule has 0 N–H and O–H groups in total. The fourth-order valence-electron chi connectivity index (χ4n) is 2.00. The van der Waals surface area contributed by atoms with Gasteiger partial charge in [0.15, 0.2) is 11.5 Å². The van der Waals surface area contributed by atoms with Crippen LogP contribution in [0.2, 0.25) is 0 Å². The quantitative estimate of drug-likeness (QED) is 0.766. The molecule has 0 aliphatic heterocycles. The lowest BCUT2D eigenvalue weighted by Crippen LogP contribution is -2.24. The van der Waals surface area contributed by atoms with Crippen LogP contribution in [0.25, 0.3) is 6.08 Å². The molecule has 4 nitrogen and oxygen atoms in total. The first-order valence-electron chi connectivity index (χ1n) is 6.80. The lowest BCUT2D eigenvalue weighted by Gasteiger charge is -2.16. The average Bonchev–Trinajstić information content (AvgIpc) is 3.05. The SMILES string of the molecule is COc1ccc(CN(C)C(=O)C=Cc2ccsc2)cc1OC. The number of thiophene rings is 1. The van der Waals surface area contributed by atoms with E-state index in [2.05, 4.69) is 0 Å². The highest BCUT2D eigenvalue weighted by Crippen LogP contribution is 2.27. The highest BCUT2D eigenvalue weighted by atomic mass is 32.1. The summed E-state index contributed by atoms with van der Waals surface area (Å²) in [7, 11) is 4.97. The Hall–Kier alpha value is -2.27. The molecule has 0 saturated heterocycles. The van der Waals surface area contributed by atoms with Crippen molar-refractivity contribution in [1.82, 2.24) is 4.90 Å². The Labute approximate surface area is 134 Å². The average molecular weight is 317 g/mol. The lowest BCUT2D eigenvalue weighted by atomic mass is 10.2. The fourth-order valence-corrected chi connectivity index (χ4v) is 2.62. The molecule has 1 aromatic carbocycles. The minimum atomic E-state index is -0.0408. The van der Waals surface area contributed by atoms with Crippen LogP contribution in [0.4, 0.5) is 0 Å². The van der Waals surface area contributed by atoms with Gasteiger partial charge in [0.2, 0.25) is 5.91 Å². The minimum absolute atomic E-state index is 0.0408. The third-order valence-corrected chi connectivity index (χ3v) is 3.91. The summed E-state index contributed by atoms with van der Waals surface area (Å²) in [5.74, 6) is 1.30. The van der Waals surface area contributed by atoms with Crippen molar-refractivity contribution in [2.45, 2.75) is 6.54 Å². The van der Waals surface area contributed by atoms with Crippen molar-refractivity contribution in [3.05, 3.63) is 52.2 Å². The van der Waals surface area contributed by atoms with Gasteiger partial charge in [0.25, 0.3) is 0 Å². The van der Waals surface area contributed by atoms with Crippen molar-refractivity contribution in [3.8, 4) is 11.5 Å². The summed E-state index contributed by atoms with van der Waals surface area (Å²) in [5.41, 5.74) is 2.02. The Morgan fingerprint density at radius 2 is 2.00 bits per heavy atom. The van der Waals surface area contributed by atoms with E-state index in [0.717, 1.165) is 11.1 Å². The van der Waals surface area contributed by atoms with Crippen LogP contribution in [0.3, 0.4) is 0 Å². The van der Waals surface area contributed by atoms with E-state index in [1.807, 2.05) is 41.1 Å². The van der Waals surface area contributed by atoms with E-state index in [9.17, 15) is 4.79 Å². The van der Waals surface area contributed by atoms with Crippen LogP contribution in [-0.4, -0.2) is 32.1 Å². The van der Waals surface area contributed by atoms with Crippen molar-refractivity contribution in [3.63, 3.8) is 0 Å². The number of benzene rings is 1. The number of nitrogens with zero attached hydrogens (tertiary/aromatic N) is 1. The van der Waals surface area contributed by atoms with Gasteiger partial charge in [-0.15, -0.1) is 0 Å². The summed E-state index contributed by atoms with van der Waals surface area (Å²) >= 11 is 1.61. The van der Waals surface area contributed by atoms with E-state index in [4.69, 9.17) is 9.47 Å². The molecule has 5 heteroatoms. The van der Waals surface area contributed by atoms with Gasteiger partial charge in [-0.3, -0.25) is 4.79 Å². The molecule has 0 atom stereocenters. The number of methoxy groups -OCH3 is 2. The lowest BCUT2D eigenvalue weighted by molar-refractivity contribution is -0.125. The van der Waals surface area contributed by atoms with Crippen LogP contribution in [0.15, 0.2) is 41.1 Å². The topological polar surface area (TPSA) is 38.8 Å². The molecule has 0 spiro atoms. The number of ether oxygens (including phenoxy) is 2.